The summed E-state index contributed by atoms with van der Waals surface area (Å²) in [6.07, 6.45) is 6.73. The van der Waals surface area contributed by atoms with E-state index in [2.05, 4.69) is 23.9 Å². The van der Waals surface area contributed by atoms with Crippen molar-refractivity contribution in [2.75, 3.05) is 6.54 Å². The molecule has 114 valence electrons. The van der Waals surface area contributed by atoms with Crippen LogP contribution in [0.3, 0.4) is 0 Å². The van der Waals surface area contributed by atoms with Gasteiger partial charge in [-0.3, -0.25) is 9.67 Å². The maximum absolute atomic E-state index is 5.72. The molecule has 0 atom stereocenters. The summed E-state index contributed by atoms with van der Waals surface area (Å²) in [5, 5.41) is 4.57. The van der Waals surface area contributed by atoms with Crippen LogP contribution in [0, 0.1) is 0 Å². The molecule has 0 unspecified atom stereocenters. The Morgan fingerprint density at radius 3 is 2.62 bits per heavy atom. The van der Waals surface area contributed by atoms with Crippen molar-refractivity contribution in [2.45, 2.75) is 45.8 Å². The number of ether oxygens (including phenoxy) is 1. The van der Waals surface area contributed by atoms with E-state index >= 15 is 0 Å². The summed E-state index contributed by atoms with van der Waals surface area (Å²) in [7, 11) is 0. The van der Waals surface area contributed by atoms with Crippen molar-refractivity contribution < 1.29 is 4.74 Å². The molecule has 0 saturated carbocycles. The Balaban J connectivity index is 1.90. The molecule has 0 saturated heterocycles. The summed E-state index contributed by atoms with van der Waals surface area (Å²) < 4.78 is 7.75. The van der Waals surface area contributed by atoms with E-state index in [9.17, 15) is 0 Å². The number of hydrogen-bond acceptors (Lipinski definition) is 4. The first-order chi connectivity index (χ1) is 10.3. The van der Waals surface area contributed by atoms with Crippen molar-refractivity contribution in [2.24, 2.45) is 5.73 Å². The number of rotatable bonds is 8. The number of aromatic nitrogens is 3. The summed E-state index contributed by atoms with van der Waals surface area (Å²) in [5.41, 5.74) is 7.43. The third-order valence-electron chi connectivity index (χ3n) is 3.56. The lowest BCUT2D eigenvalue weighted by molar-refractivity contribution is 0.296. The molecule has 5 heteroatoms. The normalized spacial score (nSPS) is 11.0. The van der Waals surface area contributed by atoms with Gasteiger partial charge in [0.15, 0.2) is 0 Å². The molecule has 2 heterocycles. The molecule has 0 aliphatic heterocycles. The second-order valence-electron chi connectivity index (χ2n) is 5.07. The van der Waals surface area contributed by atoms with Crippen LogP contribution in [-0.4, -0.2) is 21.3 Å². The van der Waals surface area contributed by atoms with Crippen LogP contribution in [0.5, 0.6) is 5.75 Å². The molecule has 2 aromatic rings. The quantitative estimate of drug-likeness (QED) is 0.811. The van der Waals surface area contributed by atoms with Crippen molar-refractivity contribution in [1.29, 1.82) is 0 Å². The Morgan fingerprint density at radius 2 is 2.00 bits per heavy atom. The molecule has 0 fully saturated rings. The summed E-state index contributed by atoms with van der Waals surface area (Å²) >= 11 is 0. The Kier molecular flexibility index (Phi) is 5.75. The van der Waals surface area contributed by atoms with Gasteiger partial charge in [-0.2, -0.15) is 5.10 Å². The van der Waals surface area contributed by atoms with E-state index in [-0.39, 0.29) is 0 Å². The Labute approximate surface area is 126 Å². The standard InChI is InChI=1S/C16H24N4O/c1-3-15(4-2)20-10-8-14(19-20)12-21-16-6-5-13(7-9-17)18-11-16/h5-6,8,10-11,15H,3-4,7,9,12,17H2,1-2H3. The third kappa shape index (κ3) is 4.29. The molecule has 0 bridgehead atoms. The summed E-state index contributed by atoms with van der Waals surface area (Å²) in [6.45, 7) is 5.44. The predicted molar refractivity (Wildman–Crippen MR) is 83.2 cm³/mol. The maximum Gasteiger partial charge on any atom is 0.138 e. The average Bonchev–Trinajstić information content (AvgIpc) is 2.97. The second kappa shape index (κ2) is 7.78. The Morgan fingerprint density at radius 1 is 1.19 bits per heavy atom. The smallest absolute Gasteiger partial charge is 0.138 e. The molecule has 2 aromatic heterocycles. The first-order valence-corrected chi connectivity index (χ1v) is 7.58. The molecular weight excluding hydrogens is 264 g/mol. The molecule has 0 aliphatic carbocycles. The van der Waals surface area contributed by atoms with Gasteiger partial charge >= 0.3 is 0 Å². The SMILES string of the molecule is CCC(CC)n1ccc(COc2ccc(CCN)nc2)n1. The second-order valence-corrected chi connectivity index (χ2v) is 5.07. The highest BCUT2D eigenvalue weighted by Crippen LogP contribution is 2.16. The van der Waals surface area contributed by atoms with E-state index in [4.69, 9.17) is 10.5 Å². The molecule has 21 heavy (non-hydrogen) atoms. The van der Waals surface area contributed by atoms with Crippen molar-refractivity contribution in [3.05, 3.63) is 42.0 Å². The fraction of sp³-hybridized carbons (Fsp3) is 0.500. The molecule has 2 N–H and O–H groups in total. The fourth-order valence-corrected chi connectivity index (χ4v) is 2.27. The van der Waals surface area contributed by atoms with Crippen LogP contribution < -0.4 is 10.5 Å². The van der Waals surface area contributed by atoms with Crippen LogP contribution in [0.2, 0.25) is 0 Å². The van der Waals surface area contributed by atoms with Crippen LogP contribution in [0.1, 0.15) is 44.1 Å². The third-order valence-corrected chi connectivity index (χ3v) is 3.56. The molecular formula is C16H24N4O. The van der Waals surface area contributed by atoms with Gasteiger partial charge in [0, 0.05) is 18.3 Å². The largest absolute Gasteiger partial charge is 0.486 e. The lowest BCUT2D eigenvalue weighted by atomic mass is 10.2. The average molecular weight is 288 g/mol. The van der Waals surface area contributed by atoms with Gasteiger partial charge in [0.05, 0.1) is 17.9 Å². The van der Waals surface area contributed by atoms with Crippen molar-refractivity contribution in [1.82, 2.24) is 14.8 Å². The molecule has 5 nitrogen and oxygen atoms in total. The van der Waals surface area contributed by atoms with E-state index in [1.165, 1.54) is 0 Å². The Hall–Kier alpha value is -1.88. The summed E-state index contributed by atoms with van der Waals surface area (Å²) in [5.74, 6) is 0.757. The predicted octanol–water partition coefficient (Wildman–Crippen LogP) is 2.72. The monoisotopic (exact) mass is 288 g/mol. The first-order valence-electron chi connectivity index (χ1n) is 7.58. The number of hydrogen-bond donors (Lipinski definition) is 1. The van der Waals surface area contributed by atoms with Crippen LogP contribution in [0.4, 0.5) is 0 Å². The first kappa shape index (κ1) is 15.5. The van der Waals surface area contributed by atoms with Gasteiger partial charge in [-0.1, -0.05) is 13.8 Å². The lowest BCUT2D eigenvalue weighted by Crippen LogP contribution is -2.08. The van der Waals surface area contributed by atoms with Crippen molar-refractivity contribution in [3.8, 4) is 5.75 Å². The minimum atomic E-state index is 0.463. The van der Waals surface area contributed by atoms with E-state index < -0.39 is 0 Å². The van der Waals surface area contributed by atoms with Gasteiger partial charge in [-0.05, 0) is 37.6 Å². The van der Waals surface area contributed by atoms with Gasteiger partial charge in [0.25, 0.3) is 0 Å². The molecule has 0 amide bonds. The van der Waals surface area contributed by atoms with Gasteiger partial charge in [-0.25, -0.2) is 0 Å². The number of nitrogens with two attached hydrogens (primary N) is 1. The molecule has 2 rings (SSSR count). The fourth-order valence-electron chi connectivity index (χ4n) is 2.27. The van der Waals surface area contributed by atoms with Gasteiger partial charge < -0.3 is 10.5 Å². The zero-order chi connectivity index (χ0) is 15.1. The topological polar surface area (TPSA) is 66.0 Å². The highest BCUT2D eigenvalue weighted by molar-refractivity contribution is 5.20. The van der Waals surface area contributed by atoms with E-state index in [0.717, 1.165) is 36.4 Å². The minimum absolute atomic E-state index is 0.463. The molecule has 0 aromatic carbocycles. The highest BCUT2D eigenvalue weighted by Gasteiger charge is 2.08. The molecule has 0 radical (unpaired) electrons. The number of pyridine rings is 1. The molecule has 0 aliphatic rings. The lowest BCUT2D eigenvalue weighted by Gasteiger charge is -2.12. The van der Waals surface area contributed by atoms with E-state index in [1.54, 1.807) is 6.20 Å². The zero-order valence-corrected chi connectivity index (χ0v) is 12.8. The highest BCUT2D eigenvalue weighted by atomic mass is 16.5. The van der Waals surface area contributed by atoms with Gasteiger partial charge in [0.2, 0.25) is 0 Å². The van der Waals surface area contributed by atoms with Crippen LogP contribution in [0.15, 0.2) is 30.6 Å². The van der Waals surface area contributed by atoms with E-state index in [0.29, 0.717) is 19.2 Å². The van der Waals surface area contributed by atoms with Crippen LogP contribution in [-0.2, 0) is 13.0 Å². The van der Waals surface area contributed by atoms with Crippen LogP contribution >= 0.6 is 0 Å². The van der Waals surface area contributed by atoms with Gasteiger partial charge in [0.1, 0.15) is 12.4 Å². The summed E-state index contributed by atoms with van der Waals surface area (Å²) in [6, 6.07) is 6.35. The van der Waals surface area contributed by atoms with Crippen molar-refractivity contribution >= 4 is 0 Å². The summed E-state index contributed by atoms with van der Waals surface area (Å²) in [4.78, 5) is 4.31. The van der Waals surface area contributed by atoms with E-state index in [1.807, 2.05) is 29.1 Å². The maximum atomic E-state index is 5.72. The molecule has 0 spiro atoms. The minimum Gasteiger partial charge on any atom is -0.486 e. The van der Waals surface area contributed by atoms with Crippen LogP contribution in [0.25, 0.3) is 0 Å². The zero-order valence-electron chi connectivity index (χ0n) is 12.8. The number of nitrogens with zero attached hydrogens (tertiary/aromatic N) is 3. The van der Waals surface area contributed by atoms with Crippen molar-refractivity contribution in [3.63, 3.8) is 0 Å². The van der Waals surface area contributed by atoms with Gasteiger partial charge in [-0.15, -0.1) is 0 Å². The Bertz CT molecular complexity index is 531.